The van der Waals surface area contributed by atoms with Crippen molar-refractivity contribution in [2.45, 2.75) is 39.3 Å². The van der Waals surface area contributed by atoms with Crippen LogP contribution in [0.3, 0.4) is 0 Å². The van der Waals surface area contributed by atoms with Gasteiger partial charge in [-0.15, -0.1) is 0 Å². The highest BCUT2D eigenvalue weighted by Gasteiger charge is 2.09. The molecular formula is C11H19N3OS. The molecule has 0 saturated heterocycles. The van der Waals surface area contributed by atoms with E-state index in [1.165, 1.54) is 11.1 Å². The van der Waals surface area contributed by atoms with Gasteiger partial charge >= 0.3 is 0 Å². The molecule has 0 fully saturated rings. The van der Waals surface area contributed by atoms with Gasteiger partial charge in [0.05, 0.1) is 0 Å². The number of thiophene rings is 1. The molecule has 1 aromatic rings. The van der Waals surface area contributed by atoms with Crippen LogP contribution in [0, 0.1) is 6.92 Å². The summed E-state index contributed by atoms with van der Waals surface area (Å²) in [6.45, 7) is 5.04. The van der Waals surface area contributed by atoms with Crippen molar-refractivity contribution >= 4 is 17.2 Å². The molecule has 1 aromatic heterocycles. The van der Waals surface area contributed by atoms with E-state index in [4.69, 9.17) is 10.9 Å². The Bertz CT molecular complexity index is 349. The summed E-state index contributed by atoms with van der Waals surface area (Å²) in [5.74, 6) is 0.279. The van der Waals surface area contributed by atoms with E-state index in [-0.39, 0.29) is 11.9 Å². The number of oxime groups is 1. The molecule has 4 nitrogen and oxygen atoms in total. The zero-order chi connectivity index (χ0) is 12.0. The zero-order valence-corrected chi connectivity index (χ0v) is 10.5. The second-order valence-electron chi connectivity index (χ2n) is 3.86. The number of rotatable bonds is 6. The summed E-state index contributed by atoms with van der Waals surface area (Å²) in [5.41, 5.74) is 8.13. The van der Waals surface area contributed by atoms with E-state index in [1.807, 2.05) is 0 Å². The Labute approximate surface area is 100 Å². The SMILES string of the molecule is CCC(CC(N)=NO)NCc1cscc1C. The first-order valence-electron chi connectivity index (χ1n) is 5.38. The van der Waals surface area contributed by atoms with Crippen LogP contribution in [0.25, 0.3) is 0 Å². The molecule has 0 aliphatic carbocycles. The third kappa shape index (κ3) is 3.83. The lowest BCUT2D eigenvalue weighted by molar-refractivity contribution is 0.315. The lowest BCUT2D eigenvalue weighted by atomic mass is 10.1. The van der Waals surface area contributed by atoms with Crippen LogP contribution in [0.2, 0.25) is 0 Å². The van der Waals surface area contributed by atoms with Crippen molar-refractivity contribution < 1.29 is 5.21 Å². The molecule has 0 bridgehead atoms. The van der Waals surface area contributed by atoms with Gasteiger partial charge in [-0.25, -0.2) is 0 Å². The van der Waals surface area contributed by atoms with Gasteiger partial charge < -0.3 is 16.3 Å². The Morgan fingerprint density at radius 1 is 1.62 bits per heavy atom. The van der Waals surface area contributed by atoms with Crippen LogP contribution in [0.15, 0.2) is 15.9 Å². The molecule has 0 aliphatic rings. The smallest absolute Gasteiger partial charge is 0.140 e. The van der Waals surface area contributed by atoms with E-state index in [2.05, 4.69) is 35.1 Å². The summed E-state index contributed by atoms with van der Waals surface area (Å²) in [6.07, 6.45) is 1.54. The van der Waals surface area contributed by atoms with E-state index >= 15 is 0 Å². The molecule has 0 aromatic carbocycles. The van der Waals surface area contributed by atoms with Crippen LogP contribution in [0.5, 0.6) is 0 Å². The maximum atomic E-state index is 8.51. The number of nitrogens with two attached hydrogens (primary N) is 1. The monoisotopic (exact) mass is 241 g/mol. The van der Waals surface area contributed by atoms with Gasteiger partial charge in [0.25, 0.3) is 0 Å². The van der Waals surface area contributed by atoms with Crippen LogP contribution in [-0.4, -0.2) is 17.1 Å². The Morgan fingerprint density at radius 2 is 2.38 bits per heavy atom. The van der Waals surface area contributed by atoms with Gasteiger partial charge in [-0.3, -0.25) is 0 Å². The molecule has 0 aliphatic heterocycles. The van der Waals surface area contributed by atoms with E-state index < -0.39 is 0 Å². The summed E-state index contributed by atoms with van der Waals surface area (Å²) in [6, 6.07) is 0.259. The van der Waals surface area contributed by atoms with Gasteiger partial charge in [0.2, 0.25) is 0 Å². The molecule has 0 saturated carbocycles. The van der Waals surface area contributed by atoms with Crippen molar-refractivity contribution in [2.75, 3.05) is 0 Å². The van der Waals surface area contributed by atoms with Gasteiger partial charge in [-0.1, -0.05) is 12.1 Å². The minimum absolute atomic E-state index is 0.259. The molecule has 16 heavy (non-hydrogen) atoms. The molecule has 1 rings (SSSR count). The summed E-state index contributed by atoms with van der Waals surface area (Å²) < 4.78 is 0. The van der Waals surface area contributed by atoms with E-state index in [0.717, 1.165) is 13.0 Å². The normalized spacial score (nSPS) is 14.0. The highest BCUT2D eigenvalue weighted by Crippen LogP contribution is 2.13. The Hall–Kier alpha value is -1.07. The average Bonchev–Trinajstić information content (AvgIpc) is 2.69. The molecule has 1 atom stereocenters. The highest BCUT2D eigenvalue weighted by molar-refractivity contribution is 7.08. The van der Waals surface area contributed by atoms with Crippen LogP contribution in [-0.2, 0) is 6.54 Å². The predicted octanol–water partition coefficient (Wildman–Crippen LogP) is 2.06. The molecule has 1 unspecified atom stereocenters. The van der Waals surface area contributed by atoms with Crippen molar-refractivity contribution in [3.05, 3.63) is 21.9 Å². The van der Waals surface area contributed by atoms with Gasteiger partial charge in [0.1, 0.15) is 5.84 Å². The van der Waals surface area contributed by atoms with Crippen LogP contribution >= 0.6 is 11.3 Å². The summed E-state index contributed by atoms with van der Waals surface area (Å²) in [4.78, 5) is 0. The minimum Gasteiger partial charge on any atom is -0.409 e. The van der Waals surface area contributed by atoms with E-state index in [9.17, 15) is 0 Å². The fourth-order valence-corrected chi connectivity index (χ4v) is 2.33. The number of nitrogens with zero attached hydrogens (tertiary/aromatic N) is 1. The molecule has 0 radical (unpaired) electrons. The van der Waals surface area contributed by atoms with Crippen molar-refractivity contribution in [3.8, 4) is 0 Å². The molecule has 0 amide bonds. The van der Waals surface area contributed by atoms with Gasteiger partial charge in [0.15, 0.2) is 0 Å². The predicted molar refractivity (Wildman–Crippen MR) is 68.0 cm³/mol. The Morgan fingerprint density at radius 3 is 2.88 bits per heavy atom. The largest absolute Gasteiger partial charge is 0.409 e. The van der Waals surface area contributed by atoms with Gasteiger partial charge in [-0.05, 0) is 35.2 Å². The minimum atomic E-state index is 0.259. The first-order valence-corrected chi connectivity index (χ1v) is 6.33. The summed E-state index contributed by atoms with van der Waals surface area (Å²) in [5, 5.41) is 19.2. The number of hydrogen-bond acceptors (Lipinski definition) is 4. The van der Waals surface area contributed by atoms with Crippen molar-refractivity contribution in [2.24, 2.45) is 10.9 Å². The van der Waals surface area contributed by atoms with Crippen molar-refractivity contribution in [3.63, 3.8) is 0 Å². The fourth-order valence-electron chi connectivity index (χ4n) is 1.48. The zero-order valence-electron chi connectivity index (χ0n) is 9.73. The van der Waals surface area contributed by atoms with Gasteiger partial charge in [0, 0.05) is 19.0 Å². The van der Waals surface area contributed by atoms with Crippen LogP contribution < -0.4 is 11.1 Å². The molecular weight excluding hydrogens is 222 g/mol. The Kier molecular flexibility index (Phi) is 5.28. The number of aryl methyl sites for hydroxylation is 1. The lowest BCUT2D eigenvalue weighted by Gasteiger charge is -2.15. The number of hydrogen-bond donors (Lipinski definition) is 3. The number of amidine groups is 1. The average molecular weight is 241 g/mol. The second-order valence-corrected chi connectivity index (χ2v) is 4.61. The standard InChI is InChI=1S/C11H19N3OS/c1-3-10(4-11(12)14-15)13-5-9-7-16-6-8(9)2/h6-7,10,13,15H,3-5H2,1-2H3,(H2,12,14). The van der Waals surface area contributed by atoms with Crippen LogP contribution in [0.1, 0.15) is 30.9 Å². The third-order valence-electron chi connectivity index (χ3n) is 2.62. The second kappa shape index (κ2) is 6.50. The third-order valence-corrected chi connectivity index (χ3v) is 3.53. The Balaban J connectivity index is 2.43. The number of nitrogens with one attached hydrogen (secondary N) is 1. The molecule has 1 heterocycles. The first kappa shape index (κ1) is 13.0. The molecule has 4 N–H and O–H groups in total. The molecule has 0 spiro atoms. The highest BCUT2D eigenvalue weighted by atomic mass is 32.1. The molecule has 90 valence electrons. The lowest BCUT2D eigenvalue weighted by Crippen LogP contribution is -2.32. The maximum Gasteiger partial charge on any atom is 0.140 e. The van der Waals surface area contributed by atoms with Crippen molar-refractivity contribution in [1.82, 2.24) is 5.32 Å². The quantitative estimate of drug-likeness (QED) is 0.309. The summed E-state index contributed by atoms with van der Waals surface area (Å²) in [7, 11) is 0. The van der Waals surface area contributed by atoms with Crippen LogP contribution in [0.4, 0.5) is 0 Å². The molecule has 5 heteroatoms. The van der Waals surface area contributed by atoms with Gasteiger partial charge in [-0.2, -0.15) is 11.3 Å². The van der Waals surface area contributed by atoms with E-state index in [0.29, 0.717) is 6.42 Å². The first-order chi connectivity index (χ1) is 7.67. The topological polar surface area (TPSA) is 70.6 Å². The maximum absolute atomic E-state index is 8.51. The van der Waals surface area contributed by atoms with Crippen molar-refractivity contribution in [1.29, 1.82) is 0 Å². The fraction of sp³-hybridized carbons (Fsp3) is 0.545. The van der Waals surface area contributed by atoms with E-state index in [1.54, 1.807) is 11.3 Å². The summed E-state index contributed by atoms with van der Waals surface area (Å²) >= 11 is 1.72.